The molecule has 38 heavy (non-hydrogen) atoms. The number of benzene rings is 1. The molecular formula is C31H49F3N2OS. The van der Waals surface area contributed by atoms with Gasteiger partial charge in [0.25, 0.3) is 0 Å². The van der Waals surface area contributed by atoms with E-state index in [1.54, 1.807) is 18.3 Å². The van der Waals surface area contributed by atoms with Crippen molar-refractivity contribution in [1.29, 1.82) is 0 Å². The molecule has 0 aliphatic carbocycles. The predicted molar refractivity (Wildman–Crippen MR) is 156 cm³/mol. The van der Waals surface area contributed by atoms with Crippen molar-refractivity contribution in [2.24, 2.45) is 11.8 Å². The number of nitrogens with one attached hydrogen (secondary N) is 1. The lowest BCUT2D eigenvalue weighted by atomic mass is 9.91. The molecule has 4 rings (SSSR count). The van der Waals surface area contributed by atoms with Crippen LogP contribution in [0.1, 0.15) is 106 Å². The van der Waals surface area contributed by atoms with Gasteiger partial charge in [0.05, 0.1) is 5.56 Å². The fourth-order valence-electron chi connectivity index (χ4n) is 4.84. The Kier molecular flexibility index (Phi) is 15.4. The Morgan fingerprint density at radius 3 is 2.37 bits per heavy atom. The van der Waals surface area contributed by atoms with Gasteiger partial charge < -0.3 is 5.32 Å². The Hall–Kier alpha value is -1.70. The summed E-state index contributed by atoms with van der Waals surface area (Å²) in [4.78, 5) is 14.8. The highest BCUT2D eigenvalue weighted by molar-refractivity contribution is 7.10. The molecule has 0 bridgehead atoms. The van der Waals surface area contributed by atoms with Gasteiger partial charge in [-0.25, -0.2) is 0 Å². The highest BCUT2D eigenvalue weighted by Gasteiger charge is 2.32. The maximum absolute atomic E-state index is 13.0. The first kappa shape index (κ1) is 34.3. The molecule has 2 aliphatic rings. The van der Waals surface area contributed by atoms with E-state index in [-0.39, 0.29) is 5.78 Å². The largest absolute Gasteiger partial charge is 0.416 e. The molecule has 1 aromatic carbocycles. The second-order valence-corrected chi connectivity index (χ2v) is 10.6. The number of nitrogens with zero attached hydrogens (tertiary/aromatic N) is 1. The van der Waals surface area contributed by atoms with Crippen molar-refractivity contribution in [1.82, 2.24) is 10.2 Å². The highest BCUT2D eigenvalue weighted by atomic mass is 32.1. The lowest BCUT2D eigenvalue weighted by Gasteiger charge is -2.20. The summed E-state index contributed by atoms with van der Waals surface area (Å²) < 4.78 is 39.0. The third-order valence-corrected chi connectivity index (χ3v) is 8.18. The lowest BCUT2D eigenvalue weighted by Crippen LogP contribution is -2.23. The third-order valence-electron chi connectivity index (χ3n) is 7.15. The van der Waals surface area contributed by atoms with Gasteiger partial charge in [0, 0.05) is 35.5 Å². The summed E-state index contributed by atoms with van der Waals surface area (Å²) in [6, 6.07) is 4.51. The summed E-state index contributed by atoms with van der Waals surface area (Å²) in [6.45, 7) is 20.6. The number of Topliss-reactive ketones (excluding diaryl/α,β-unsaturated/α-hetero) is 1. The molecule has 0 saturated carbocycles. The quantitative estimate of drug-likeness (QED) is 0.362. The molecule has 1 aromatic heterocycles. The Labute approximate surface area is 233 Å². The summed E-state index contributed by atoms with van der Waals surface area (Å²) in [5.74, 6) is 1.58. The number of thiophene rings is 1. The molecule has 3 heterocycles. The first-order chi connectivity index (χ1) is 18.1. The highest BCUT2D eigenvalue weighted by Crippen LogP contribution is 2.32. The molecule has 1 N–H and O–H groups in total. The van der Waals surface area contributed by atoms with Crippen LogP contribution in [0.15, 0.2) is 23.6 Å². The Morgan fingerprint density at radius 1 is 1.13 bits per heavy atom. The molecule has 2 aromatic rings. The minimum Gasteiger partial charge on any atom is -0.312 e. The Bertz CT molecular complexity index is 971. The number of carbonyl (C=O) groups excluding carboxylic acids is 1. The lowest BCUT2D eigenvalue weighted by molar-refractivity contribution is -0.137. The van der Waals surface area contributed by atoms with Crippen molar-refractivity contribution in [3.8, 4) is 0 Å². The van der Waals surface area contributed by atoms with Gasteiger partial charge in [0.1, 0.15) is 0 Å². The van der Waals surface area contributed by atoms with Crippen LogP contribution in [0.4, 0.5) is 13.2 Å². The summed E-state index contributed by atoms with van der Waals surface area (Å²) in [6.07, 6.45) is -0.291. The van der Waals surface area contributed by atoms with E-state index in [1.165, 1.54) is 29.0 Å². The molecular weight excluding hydrogens is 505 g/mol. The van der Waals surface area contributed by atoms with Gasteiger partial charge in [-0.15, -0.1) is 11.3 Å². The van der Waals surface area contributed by atoms with E-state index >= 15 is 0 Å². The standard InChI is InChI=1S/C18H26F3N.C9H11NOS.2C2H6/c1-4-13(3)16-6-7-22(12-16)11-15-8-14(5-2)9-17(10-15)18(19,20)21;1-6(11)8-5-12-9-4-10-3-2-7(8)9;2*1-2/h8-10,13,16H,4-7,11-12H2,1-3H3;5,10H,2-4H2,1H3;2*1-2H3. The molecule has 0 spiro atoms. The second-order valence-electron chi connectivity index (χ2n) is 9.59. The predicted octanol–water partition coefficient (Wildman–Crippen LogP) is 8.78. The fourth-order valence-corrected chi connectivity index (χ4v) is 5.95. The van der Waals surface area contributed by atoms with Crippen LogP contribution >= 0.6 is 11.3 Å². The van der Waals surface area contributed by atoms with E-state index < -0.39 is 11.7 Å². The molecule has 216 valence electrons. The van der Waals surface area contributed by atoms with Crippen molar-refractivity contribution in [3.05, 3.63) is 56.3 Å². The van der Waals surface area contributed by atoms with Crippen molar-refractivity contribution in [2.45, 2.75) is 100 Å². The average molecular weight is 555 g/mol. The number of ketones is 1. The summed E-state index contributed by atoms with van der Waals surface area (Å²) in [5.41, 5.74) is 3.27. The smallest absolute Gasteiger partial charge is 0.312 e. The van der Waals surface area contributed by atoms with Crippen LogP contribution in [0.3, 0.4) is 0 Å². The van der Waals surface area contributed by atoms with Gasteiger partial charge in [0.2, 0.25) is 0 Å². The van der Waals surface area contributed by atoms with E-state index in [0.29, 0.717) is 24.8 Å². The van der Waals surface area contributed by atoms with Crippen LogP contribution in [0.2, 0.25) is 0 Å². The maximum atomic E-state index is 13.0. The van der Waals surface area contributed by atoms with Crippen molar-refractivity contribution in [3.63, 3.8) is 0 Å². The van der Waals surface area contributed by atoms with Gasteiger partial charge in [0.15, 0.2) is 5.78 Å². The van der Waals surface area contributed by atoms with Crippen molar-refractivity contribution in [2.75, 3.05) is 19.6 Å². The molecule has 3 nitrogen and oxygen atoms in total. The van der Waals surface area contributed by atoms with Crippen LogP contribution in [0.25, 0.3) is 0 Å². The first-order valence-electron chi connectivity index (χ1n) is 14.4. The minimum absolute atomic E-state index is 0.203. The number of alkyl halides is 3. The number of aryl methyl sites for hydroxylation is 1. The van der Waals surface area contributed by atoms with Gasteiger partial charge in [-0.1, -0.05) is 61.0 Å². The van der Waals surface area contributed by atoms with Gasteiger partial charge in [-0.05, 0) is 79.9 Å². The molecule has 7 heteroatoms. The Morgan fingerprint density at radius 2 is 1.79 bits per heavy atom. The summed E-state index contributed by atoms with van der Waals surface area (Å²) in [7, 11) is 0. The zero-order chi connectivity index (χ0) is 28.9. The topological polar surface area (TPSA) is 32.3 Å². The van der Waals surface area contributed by atoms with Crippen LogP contribution in [-0.4, -0.2) is 30.3 Å². The SMILES string of the molecule is CC.CC.CC(=O)c1csc2c1CCNC2.CCc1cc(CN2CCC(C(C)CC)C2)cc(C(F)(F)F)c1. The van der Waals surface area contributed by atoms with Crippen LogP contribution in [-0.2, 0) is 32.1 Å². The van der Waals surface area contributed by atoms with Gasteiger partial charge in [-0.3, -0.25) is 9.69 Å². The zero-order valence-corrected chi connectivity index (χ0v) is 25.5. The van der Waals surface area contributed by atoms with Crippen molar-refractivity contribution >= 4 is 17.1 Å². The zero-order valence-electron chi connectivity index (χ0n) is 24.7. The minimum atomic E-state index is -4.26. The monoisotopic (exact) mass is 554 g/mol. The number of hydrogen-bond donors (Lipinski definition) is 1. The number of carbonyl (C=O) groups is 1. The molecule has 0 amide bonds. The molecule has 2 atom stereocenters. The summed E-state index contributed by atoms with van der Waals surface area (Å²) in [5, 5.41) is 5.28. The molecule has 2 unspecified atom stereocenters. The van der Waals surface area contributed by atoms with E-state index in [0.717, 1.165) is 55.7 Å². The number of hydrogen-bond acceptors (Lipinski definition) is 4. The van der Waals surface area contributed by atoms with E-state index in [2.05, 4.69) is 24.1 Å². The van der Waals surface area contributed by atoms with Crippen LogP contribution in [0.5, 0.6) is 0 Å². The number of fused-ring (bicyclic) bond motifs is 1. The average Bonchev–Trinajstić information content (AvgIpc) is 3.57. The number of likely N-dealkylation sites (tertiary alicyclic amines) is 1. The van der Waals surface area contributed by atoms with Crippen molar-refractivity contribution < 1.29 is 18.0 Å². The van der Waals surface area contributed by atoms with Crippen LogP contribution in [0, 0.1) is 11.8 Å². The van der Waals surface area contributed by atoms with Gasteiger partial charge in [-0.2, -0.15) is 13.2 Å². The first-order valence-corrected chi connectivity index (χ1v) is 15.2. The number of halogens is 3. The second kappa shape index (κ2) is 17.1. The third kappa shape index (κ3) is 10.1. The number of rotatable bonds is 6. The maximum Gasteiger partial charge on any atom is 0.416 e. The summed E-state index contributed by atoms with van der Waals surface area (Å²) >= 11 is 1.70. The van der Waals surface area contributed by atoms with E-state index in [1.807, 2.05) is 46.1 Å². The van der Waals surface area contributed by atoms with E-state index in [9.17, 15) is 18.0 Å². The molecule has 1 fully saturated rings. The normalized spacial score (nSPS) is 17.6. The molecule has 1 saturated heterocycles. The van der Waals surface area contributed by atoms with Crippen LogP contribution < -0.4 is 5.32 Å². The van der Waals surface area contributed by atoms with E-state index in [4.69, 9.17) is 0 Å². The molecule has 0 radical (unpaired) electrons. The molecule has 2 aliphatic heterocycles. The fraction of sp³-hybridized carbons (Fsp3) is 0.645. The Balaban J connectivity index is 0.000000379. The van der Waals surface area contributed by atoms with Gasteiger partial charge >= 0.3 is 6.18 Å².